The highest BCUT2D eigenvalue weighted by atomic mass is 127. The summed E-state index contributed by atoms with van der Waals surface area (Å²) in [5.41, 5.74) is 3.35. The van der Waals surface area contributed by atoms with E-state index in [9.17, 15) is 4.79 Å². The van der Waals surface area contributed by atoms with E-state index in [4.69, 9.17) is 0 Å². The van der Waals surface area contributed by atoms with Crippen molar-refractivity contribution in [2.45, 2.75) is 19.9 Å². The highest BCUT2D eigenvalue weighted by molar-refractivity contribution is 14.1. The topological polar surface area (TPSA) is 32.3 Å². The minimum Gasteiger partial charge on any atom is -0.326 e. The molecule has 0 aliphatic carbocycles. The Bertz CT molecular complexity index is 687. The first kappa shape index (κ1) is 16.5. The molecule has 1 aliphatic rings. The molecule has 3 rings (SSSR count). The van der Waals surface area contributed by atoms with Gasteiger partial charge in [-0.2, -0.15) is 0 Å². The van der Waals surface area contributed by atoms with Crippen LogP contribution in [0.4, 0.5) is 5.69 Å². The minimum absolute atomic E-state index is 0.0809. The number of aryl methyl sites for hydroxylation is 1. The van der Waals surface area contributed by atoms with Gasteiger partial charge in [0.15, 0.2) is 0 Å². The summed E-state index contributed by atoms with van der Waals surface area (Å²) < 4.78 is 1.19. The van der Waals surface area contributed by atoms with Crippen LogP contribution in [0.2, 0.25) is 0 Å². The zero-order valence-electron chi connectivity index (χ0n) is 13.3. The number of likely N-dealkylation sites (tertiary alicyclic amines) is 1. The van der Waals surface area contributed by atoms with Crippen LogP contribution >= 0.6 is 22.6 Å². The molecule has 0 bridgehead atoms. The molecule has 2 aromatic rings. The van der Waals surface area contributed by atoms with Gasteiger partial charge in [-0.15, -0.1) is 0 Å². The van der Waals surface area contributed by atoms with E-state index in [1.807, 2.05) is 25.1 Å². The molecular weight excluding hydrogens is 399 g/mol. The Labute approximate surface area is 151 Å². The zero-order chi connectivity index (χ0) is 16.2. The first-order valence-electron chi connectivity index (χ1n) is 7.95. The van der Waals surface area contributed by atoms with Gasteiger partial charge in [-0.05, 0) is 71.8 Å². The standard InChI is InChI=1S/C19H21IN2O/c1-14-11-17(20)7-8-18(14)21-19(23)16-9-10-22(13-16)12-15-5-3-2-4-6-15/h2-8,11,16H,9-10,12-13H2,1H3,(H,21,23). The first-order valence-corrected chi connectivity index (χ1v) is 9.03. The number of hydrogen-bond donors (Lipinski definition) is 1. The molecule has 1 saturated heterocycles. The lowest BCUT2D eigenvalue weighted by molar-refractivity contribution is -0.119. The quantitative estimate of drug-likeness (QED) is 0.757. The Kier molecular flexibility index (Phi) is 5.33. The number of hydrogen-bond acceptors (Lipinski definition) is 2. The molecular formula is C19H21IN2O. The lowest BCUT2D eigenvalue weighted by Gasteiger charge is -2.16. The van der Waals surface area contributed by atoms with Crippen molar-refractivity contribution in [2.24, 2.45) is 5.92 Å². The van der Waals surface area contributed by atoms with Crippen LogP contribution in [0.1, 0.15) is 17.5 Å². The number of benzene rings is 2. The van der Waals surface area contributed by atoms with Gasteiger partial charge in [0.05, 0.1) is 5.92 Å². The van der Waals surface area contributed by atoms with Crippen LogP contribution in [0, 0.1) is 16.4 Å². The highest BCUT2D eigenvalue weighted by Crippen LogP contribution is 2.23. The third-order valence-corrected chi connectivity index (χ3v) is 5.01. The number of nitrogens with zero attached hydrogens (tertiary/aromatic N) is 1. The number of nitrogens with one attached hydrogen (secondary N) is 1. The van der Waals surface area contributed by atoms with E-state index < -0.39 is 0 Å². The average Bonchev–Trinajstić information content (AvgIpc) is 3.00. The van der Waals surface area contributed by atoms with E-state index in [1.54, 1.807) is 0 Å². The zero-order valence-corrected chi connectivity index (χ0v) is 15.4. The largest absolute Gasteiger partial charge is 0.326 e. The number of carbonyl (C=O) groups is 1. The second-order valence-electron chi connectivity index (χ2n) is 6.15. The van der Waals surface area contributed by atoms with E-state index in [0.717, 1.165) is 37.3 Å². The van der Waals surface area contributed by atoms with Gasteiger partial charge in [0.1, 0.15) is 0 Å². The molecule has 0 saturated carbocycles. The maximum absolute atomic E-state index is 12.5. The van der Waals surface area contributed by atoms with Crippen LogP contribution in [-0.4, -0.2) is 23.9 Å². The fourth-order valence-electron chi connectivity index (χ4n) is 3.03. The summed E-state index contributed by atoms with van der Waals surface area (Å²) in [4.78, 5) is 14.9. The Balaban J connectivity index is 1.57. The Hall–Kier alpha value is -1.40. The number of anilines is 1. The van der Waals surface area contributed by atoms with E-state index in [1.165, 1.54) is 9.13 Å². The Morgan fingerprint density at radius 1 is 1.26 bits per heavy atom. The smallest absolute Gasteiger partial charge is 0.228 e. The van der Waals surface area contributed by atoms with E-state index in [2.05, 4.69) is 63.1 Å². The van der Waals surface area contributed by atoms with Gasteiger partial charge in [-0.25, -0.2) is 0 Å². The molecule has 1 amide bonds. The van der Waals surface area contributed by atoms with Crippen LogP contribution in [0.25, 0.3) is 0 Å². The molecule has 4 heteroatoms. The minimum atomic E-state index is 0.0809. The Morgan fingerprint density at radius 3 is 2.78 bits per heavy atom. The predicted molar refractivity (Wildman–Crippen MR) is 102 cm³/mol. The highest BCUT2D eigenvalue weighted by Gasteiger charge is 2.28. The molecule has 1 fully saturated rings. The van der Waals surface area contributed by atoms with Crippen molar-refractivity contribution >= 4 is 34.2 Å². The number of halogens is 1. The van der Waals surface area contributed by atoms with Crippen LogP contribution < -0.4 is 5.32 Å². The number of amides is 1. The summed E-state index contributed by atoms with van der Waals surface area (Å²) in [6.07, 6.45) is 0.933. The second-order valence-corrected chi connectivity index (χ2v) is 7.40. The third-order valence-electron chi connectivity index (χ3n) is 4.34. The normalized spacial score (nSPS) is 18.1. The Morgan fingerprint density at radius 2 is 2.04 bits per heavy atom. The fourth-order valence-corrected chi connectivity index (χ4v) is 3.68. The summed E-state index contributed by atoms with van der Waals surface area (Å²) in [5, 5.41) is 3.09. The lowest BCUT2D eigenvalue weighted by Crippen LogP contribution is -2.27. The van der Waals surface area contributed by atoms with Gasteiger partial charge >= 0.3 is 0 Å². The summed E-state index contributed by atoms with van der Waals surface area (Å²) >= 11 is 2.29. The van der Waals surface area contributed by atoms with Gasteiger partial charge in [0.2, 0.25) is 5.91 Å². The molecule has 0 aromatic heterocycles. The summed E-state index contributed by atoms with van der Waals surface area (Å²) in [6, 6.07) is 16.6. The fraction of sp³-hybridized carbons (Fsp3) is 0.316. The second kappa shape index (κ2) is 7.45. The molecule has 3 nitrogen and oxygen atoms in total. The van der Waals surface area contributed by atoms with Crippen LogP contribution in [0.3, 0.4) is 0 Å². The van der Waals surface area contributed by atoms with Gasteiger partial charge < -0.3 is 5.32 Å². The van der Waals surface area contributed by atoms with Crippen molar-refractivity contribution in [3.8, 4) is 0 Å². The van der Waals surface area contributed by atoms with Gasteiger partial charge in [-0.3, -0.25) is 9.69 Å². The van der Waals surface area contributed by atoms with Gasteiger partial charge in [-0.1, -0.05) is 30.3 Å². The molecule has 1 N–H and O–H groups in total. The van der Waals surface area contributed by atoms with Crippen LogP contribution in [0.15, 0.2) is 48.5 Å². The molecule has 0 radical (unpaired) electrons. The maximum atomic E-state index is 12.5. The SMILES string of the molecule is Cc1cc(I)ccc1NC(=O)C1CCN(Cc2ccccc2)C1. The van der Waals surface area contributed by atoms with Crippen molar-refractivity contribution in [1.82, 2.24) is 4.90 Å². The van der Waals surface area contributed by atoms with Crippen molar-refractivity contribution in [3.63, 3.8) is 0 Å². The molecule has 23 heavy (non-hydrogen) atoms. The summed E-state index contributed by atoms with van der Waals surface area (Å²) in [6.45, 7) is 4.78. The number of rotatable bonds is 4. The van der Waals surface area contributed by atoms with E-state index in [0.29, 0.717) is 0 Å². The monoisotopic (exact) mass is 420 g/mol. The lowest BCUT2D eigenvalue weighted by atomic mass is 10.1. The van der Waals surface area contributed by atoms with E-state index >= 15 is 0 Å². The first-order chi connectivity index (χ1) is 11.1. The molecule has 0 spiro atoms. The third kappa shape index (κ3) is 4.32. The van der Waals surface area contributed by atoms with Crippen LogP contribution in [0.5, 0.6) is 0 Å². The number of carbonyl (C=O) groups excluding carboxylic acids is 1. The predicted octanol–water partition coefficient (Wildman–Crippen LogP) is 4.06. The van der Waals surface area contributed by atoms with E-state index in [-0.39, 0.29) is 11.8 Å². The average molecular weight is 420 g/mol. The van der Waals surface area contributed by atoms with Crippen molar-refractivity contribution in [3.05, 3.63) is 63.2 Å². The summed E-state index contributed by atoms with van der Waals surface area (Å²) in [5.74, 6) is 0.224. The van der Waals surface area contributed by atoms with Crippen molar-refractivity contribution in [2.75, 3.05) is 18.4 Å². The van der Waals surface area contributed by atoms with Crippen LogP contribution in [-0.2, 0) is 11.3 Å². The molecule has 2 aromatic carbocycles. The van der Waals surface area contributed by atoms with Crippen molar-refractivity contribution in [1.29, 1.82) is 0 Å². The van der Waals surface area contributed by atoms with Crippen molar-refractivity contribution < 1.29 is 4.79 Å². The van der Waals surface area contributed by atoms with Gasteiger partial charge in [0, 0.05) is 22.3 Å². The molecule has 1 atom stereocenters. The molecule has 1 unspecified atom stereocenters. The maximum Gasteiger partial charge on any atom is 0.228 e. The molecule has 1 aliphatic heterocycles. The summed E-state index contributed by atoms with van der Waals surface area (Å²) in [7, 11) is 0. The molecule has 1 heterocycles. The van der Waals surface area contributed by atoms with Gasteiger partial charge in [0.25, 0.3) is 0 Å². The molecule has 120 valence electrons.